The second-order valence-corrected chi connectivity index (χ2v) is 6.46. The molecule has 0 saturated carbocycles. The van der Waals surface area contributed by atoms with Crippen LogP contribution in [0.15, 0.2) is 48.7 Å². The normalized spacial score (nSPS) is 15.2. The number of rotatable bonds is 6. The fraction of sp³-hybridized carbons (Fsp3) is 0.400. The quantitative estimate of drug-likeness (QED) is 0.822. The van der Waals surface area contributed by atoms with Gasteiger partial charge in [-0.2, -0.15) is 0 Å². The minimum atomic E-state index is -0.0404. The van der Waals surface area contributed by atoms with Crippen molar-refractivity contribution in [1.29, 1.82) is 0 Å². The van der Waals surface area contributed by atoms with Gasteiger partial charge in [-0.3, -0.25) is 14.7 Å². The lowest BCUT2D eigenvalue weighted by atomic mass is 10.2. The highest BCUT2D eigenvalue weighted by atomic mass is 16.1. The van der Waals surface area contributed by atoms with E-state index in [0.29, 0.717) is 12.1 Å². The van der Waals surface area contributed by atoms with Crippen molar-refractivity contribution in [3.8, 4) is 0 Å². The smallest absolute Gasteiger partial charge is 0.252 e. The highest BCUT2D eigenvalue weighted by molar-refractivity contribution is 5.93. The molecule has 2 aromatic rings. The molecule has 1 aromatic heterocycles. The third-order valence-electron chi connectivity index (χ3n) is 4.60. The van der Waals surface area contributed by atoms with E-state index in [1.54, 1.807) is 6.20 Å². The number of anilines is 1. The van der Waals surface area contributed by atoms with Gasteiger partial charge in [-0.15, -0.1) is 0 Å². The van der Waals surface area contributed by atoms with Crippen LogP contribution in [-0.2, 0) is 0 Å². The highest BCUT2D eigenvalue weighted by Crippen LogP contribution is 2.15. The van der Waals surface area contributed by atoms with Crippen molar-refractivity contribution >= 4 is 11.6 Å². The molecule has 0 unspecified atom stereocenters. The van der Waals surface area contributed by atoms with Crippen LogP contribution in [0.25, 0.3) is 0 Å². The molecule has 0 atom stereocenters. The molecule has 0 aliphatic carbocycles. The van der Waals surface area contributed by atoms with Gasteiger partial charge in [-0.05, 0) is 44.2 Å². The Hall–Kier alpha value is -2.40. The van der Waals surface area contributed by atoms with Crippen molar-refractivity contribution in [2.75, 3.05) is 44.2 Å². The van der Waals surface area contributed by atoms with Gasteiger partial charge in [-0.25, -0.2) is 0 Å². The van der Waals surface area contributed by atoms with Gasteiger partial charge in [0.05, 0.1) is 5.56 Å². The van der Waals surface area contributed by atoms with Crippen LogP contribution in [0.2, 0.25) is 0 Å². The van der Waals surface area contributed by atoms with Crippen molar-refractivity contribution in [2.24, 2.45) is 0 Å². The largest absolute Gasteiger partial charge is 0.369 e. The molecule has 1 fully saturated rings. The summed E-state index contributed by atoms with van der Waals surface area (Å²) < 4.78 is 0. The summed E-state index contributed by atoms with van der Waals surface area (Å²) in [6.07, 6.45) is 2.60. The van der Waals surface area contributed by atoms with Gasteiger partial charge < -0.3 is 10.2 Å². The highest BCUT2D eigenvalue weighted by Gasteiger charge is 2.16. The topological polar surface area (TPSA) is 48.5 Å². The molecule has 132 valence electrons. The number of amides is 1. The van der Waals surface area contributed by atoms with E-state index in [1.807, 2.05) is 19.1 Å². The first-order valence-corrected chi connectivity index (χ1v) is 8.95. The summed E-state index contributed by atoms with van der Waals surface area (Å²) in [5, 5.41) is 2.98. The predicted molar refractivity (Wildman–Crippen MR) is 101 cm³/mol. The Bertz CT molecular complexity index is 664. The monoisotopic (exact) mass is 338 g/mol. The average Bonchev–Trinajstić information content (AvgIpc) is 2.67. The number of nitrogens with zero attached hydrogens (tertiary/aromatic N) is 3. The first-order valence-electron chi connectivity index (χ1n) is 8.95. The molecular formula is C20H26N4O. The van der Waals surface area contributed by atoms with E-state index in [1.165, 1.54) is 5.69 Å². The van der Waals surface area contributed by atoms with E-state index in [0.717, 1.165) is 44.8 Å². The van der Waals surface area contributed by atoms with Crippen LogP contribution < -0.4 is 10.2 Å². The van der Waals surface area contributed by atoms with E-state index >= 15 is 0 Å². The predicted octanol–water partition coefficient (Wildman–Crippen LogP) is 2.33. The van der Waals surface area contributed by atoms with E-state index in [4.69, 9.17) is 0 Å². The summed E-state index contributed by atoms with van der Waals surface area (Å²) in [7, 11) is 0. The zero-order valence-electron chi connectivity index (χ0n) is 14.8. The van der Waals surface area contributed by atoms with E-state index < -0.39 is 0 Å². The number of para-hydroxylation sites is 1. The number of pyridine rings is 1. The molecule has 1 aliphatic rings. The van der Waals surface area contributed by atoms with Crippen molar-refractivity contribution in [3.63, 3.8) is 0 Å². The van der Waals surface area contributed by atoms with Crippen LogP contribution in [0, 0.1) is 6.92 Å². The van der Waals surface area contributed by atoms with Crippen LogP contribution in [0.5, 0.6) is 0 Å². The fourth-order valence-corrected chi connectivity index (χ4v) is 3.08. The Morgan fingerprint density at radius 2 is 1.84 bits per heavy atom. The molecule has 0 bridgehead atoms. The molecule has 1 N–H and O–H groups in total. The number of carbonyl (C=O) groups is 1. The van der Waals surface area contributed by atoms with Crippen LogP contribution in [0.3, 0.4) is 0 Å². The summed E-state index contributed by atoms with van der Waals surface area (Å²) in [6.45, 7) is 7.91. The third-order valence-corrected chi connectivity index (χ3v) is 4.60. The SMILES string of the molecule is Cc1ccc(C(=O)NCCCN2CCN(c3ccccc3)CC2)cn1. The molecule has 5 heteroatoms. The Morgan fingerprint density at radius 1 is 1.08 bits per heavy atom. The molecule has 1 aliphatic heterocycles. The van der Waals surface area contributed by atoms with E-state index in [9.17, 15) is 4.79 Å². The second kappa shape index (κ2) is 8.62. The molecule has 25 heavy (non-hydrogen) atoms. The summed E-state index contributed by atoms with van der Waals surface area (Å²) in [6, 6.07) is 14.3. The van der Waals surface area contributed by atoms with E-state index in [2.05, 4.69) is 50.4 Å². The number of carbonyl (C=O) groups excluding carboxylic acids is 1. The maximum atomic E-state index is 12.0. The standard InChI is InChI=1S/C20H26N4O/c1-17-8-9-18(16-22-17)20(25)21-10-5-11-23-12-14-24(15-13-23)19-6-3-2-4-7-19/h2-4,6-9,16H,5,10-15H2,1H3,(H,21,25). The number of hydrogen-bond acceptors (Lipinski definition) is 4. The van der Waals surface area contributed by atoms with Gasteiger partial charge in [0, 0.05) is 50.3 Å². The molecule has 3 rings (SSSR count). The molecule has 2 heterocycles. The molecule has 1 saturated heterocycles. The van der Waals surface area contributed by atoms with Gasteiger partial charge >= 0.3 is 0 Å². The summed E-state index contributed by atoms with van der Waals surface area (Å²) in [5.74, 6) is -0.0404. The summed E-state index contributed by atoms with van der Waals surface area (Å²) in [4.78, 5) is 21.1. The molecule has 1 amide bonds. The number of hydrogen-bond donors (Lipinski definition) is 1. The van der Waals surface area contributed by atoms with Crippen molar-refractivity contribution < 1.29 is 4.79 Å². The van der Waals surface area contributed by atoms with Gasteiger partial charge in [0.15, 0.2) is 0 Å². The molecule has 1 aromatic carbocycles. The summed E-state index contributed by atoms with van der Waals surface area (Å²) in [5.41, 5.74) is 2.86. The van der Waals surface area contributed by atoms with Crippen LogP contribution in [0.1, 0.15) is 22.5 Å². The van der Waals surface area contributed by atoms with Crippen LogP contribution in [-0.4, -0.2) is 55.1 Å². The lowest BCUT2D eigenvalue weighted by Gasteiger charge is -2.36. The Balaban J connectivity index is 1.34. The number of nitrogens with one attached hydrogen (secondary N) is 1. The maximum Gasteiger partial charge on any atom is 0.252 e. The molecule has 5 nitrogen and oxygen atoms in total. The van der Waals surface area contributed by atoms with Crippen molar-refractivity contribution in [1.82, 2.24) is 15.2 Å². The average molecular weight is 338 g/mol. The van der Waals surface area contributed by atoms with E-state index in [-0.39, 0.29) is 5.91 Å². The van der Waals surface area contributed by atoms with Crippen molar-refractivity contribution in [2.45, 2.75) is 13.3 Å². The van der Waals surface area contributed by atoms with Crippen LogP contribution in [0.4, 0.5) is 5.69 Å². The number of benzene rings is 1. The summed E-state index contributed by atoms with van der Waals surface area (Å²) >= 11 is 0. The second-order valence-electron chi connectivity index (χ2n) is 6.46. The van der Waals surface area contributed by atoms with Gasteiger partial charge in [0.2, 0.25) is 0 Å². The van der Waals surface area contributed by atoms with Gasteiger partial charge in [0.25, 0.3) is 5.91 Å². The molecular weight excluding hydrogens is 312 g/mol. The minimum Gasteiger partial charge on any atom is -0.369 e. The van der Waals surface area contributed by atoms with Gasteiger partial charge in [0.1, 0.15) is 0 Å². The first kappa shape index (κ1) is 17.4. The molecule has 0 radical (unpaired) electrons. The maximum absolute atomic E-state index is 12.0. The zero-order valence-corrected chi connectivity index (χ0v) is 14.8. The van der Waals surface area contributed by atoms with Crippen molar-refractivity contribution in [3.05, 3.63) is 59.9 Å². The lowest BCUT2D eigenvalue weighted by Crippen LogP contribution is -2.47. The number of aromatic nitrogens is 1. The number of aryl methyl sites for hydroxylation is 1. The van der Waals surface area contributed by atoms with Crippen LogP contribution >= 0.6 is 0 Å². The first-order chi connectivity index (χ1) is 12.2. The minimum absolute atomic E-state index is 0.0404. The lowest BCUT2D eigenvalue weighted by molar-refractivity contribution is 0.0951. The van der Waals surface area contributed by atoms with Gasteiger partial charge in [-0.1, -0.05) is 18.2 Å². The Kier molecular flexibility index (Phi) is 6.01. The third kappa shape index (κ3) is 5.03. The Labute approximate surface area is 149 Å². The fourth-order valence-electron chi connectivity index (χ4n) is 3.08. The number of piperazine rings is 1. The zero-order chi connectivity index (χ0) is 17.5. The Morgan fingerprint density at radius 3 is 2.52 bits per heavy atom. The molecule has 0 spiro atoms.